The standard InChI is InChI=1S/C14H17NO7/c15-5-9(17)7-1-3-8(4-2-7)21-14-13(20)12(19)11(18)10(6-16)22-14/h1-4,9-14,16-20H,6H2. The summed E-state index contributed by atoms with van der Waals surface area (Å²) in [4.78, 5) is 0. The van der Waals surface area contributed by atoms with Gasteiger partial charge in [0.25, 0.3) is 0 Å². The van der Waals surface area contributed by atoms with Gasteiger partial charge in [-0.2, -0.15) is 5.26 Å². The maximum absolute atomic E-state index is 9.84. The van der Waals surface area contributed by atoms with Gasteiger partial charge in [0.2, 0.25) is 6.29 Å². The number of benzene rings is 1. The van der Waals surface area contributed by atoms with Gasteiger partial charge < -0.3 is 35.0 Å². The number of ether oxygens (including phenoxy) is 2. The molecule has 0 bridgehead atoms. The largest absolute Gasteiger partial charge is 0.462 e. The Morgan fingerprint density at radius 2 is 1.77 bits per heavy atom. The second-order valence-electron chi connectivity index (χ2n) is 4.92. The maximum atomic E-state index is 9.84. The molecule has 0 spiro atoms. The van der Waals surface area contributed by atoms with Crippen LogP contribution in [-0.4, -0.2) is 62.8 Å². The van der Waals surface area contributed by atoms with Crippen LogP contribution in [0.5, 0.6) is 5.75 Å². The molecule has 120 valence electrons. The molecule has 0 aliphatic carbocycles. The van der Waals surface area contributed by atoms with Crippen LogP contribution < -0.4 is 4.74 Å². The number of rotatable bonds is 4. The van der Waals surface area contributed by atoms with E-state index in [1.54, 1.807) is 6.07 Å². The average Bonchev–Trinajstić information content (AvgIpc) is 2.55. The SMILES string of the molecule is N#CC(O)c1ccc(OC2OC(CO)C(O)C(O)C2O)cc1. The van der Waals surface area contributed by atoms with Gasteiger partial charge in [0.05, 0.1) is 12.7 Å². The number of hydrogen-bond donors (Lipinski definition) is 5. The lowest BCUT2D eigenvalue weighted by Crippen LogP contribution is -2.60. The summed E-state index contributed by atoms with van der Waals surface area (Å²) in [6.07, 6.45) is -8.04. The molecule has 5 N–H and O–H groups in total. The van der Waals surface area contributed by atoms with Crippen LogP contribution in [0.3, 0.4) is 0 Å². The number of nitrogens with zero attached hydrogens (tertiary/aromatic N) is 1. The van der Waals surface area contributed by atoms with Gasteiger partial charge >= 0.3 is 0 Å². The smallest absolute Gasteiger partial charge is 0.229 e. The third-order valence-electron chi connectivity index (χ3n) is 3.42. The van der Waals surface area contributed by atoms with Crippen molar-refractivity contribution < 1.29 is 35.0 Å². The molecule has 1 aromatic rings. The second kappa shape index (κ2) is 7.02. The Bertz CT molecular complexity index is 527. The fraction of sp³-hybridized carbons (Fsp3) is 0.500. The summed E-state index contributed by atoms with van der Waals surface area (Å²) in [5.41, 5.74) is 0.378. The van der Waals surface area contributed by atoms with Crippen LogP contribution in [0.4, 0.5) is 0 Å². The van der Waals surface area contributed by atoms with E-state index in [1.807, 2.05) is 0 Å². The molecule has 1 aliphatic heterocycles. The molecule has 6 atom stereocenters. The van der Waals surface area contributed by atoms with E-state index in [0.29, 0.717) is 5.56 Å². The first-order valence-corrected chi connectivity index (χ1v) is 6.62. The molecule has 8 nitrogen and oxygen atoms in total. The number of aliphatic hydroxyl groups is 5. The van der Waals surface area contributed by atoms with Gasteiger partial charge in [0.15, 0.2) is 6.10 Å². The third kappa shape index (κ3) is 3.36. The van der Waals surface area contributed by atoms with E-state index in [4.69, 9.17) is 19.8 Å². The summed E-state index contributed by atoms with van der Waals surface area (Å²) in [7, 11) is 0. The van der Waals surface area contributed by atoms with Crippen molar-refractivity contribution in [3.05, 3.63) is 29.8 Å². The minimum Gasteiger partial charge on any atom is -0.462 e. The Labute approximate surface area is 126 Å². The molecule has 0 aromatic heterocycles. The summed E-state index contributed by atoms with van der Waals surface area (Å²) >= 11 is 0. The Balaban J connectivity index is 2.07. The first kappa shape index (κ1) is 16.6. The first-order valence-electron chi connectivity index (χ1n) is 6.62. The lowest BCUT2D eigenvalue weighted by molar-refractivity contribution is -0.277. The van der Waals surface area contributed by atoms with Crippen molar-refractivity contribution in [1.82, 2.24) is 0 Å². The molecule has 1 saturated heterocycles. The number of aliphatic hydroxyl groups excluding tert-OH is 5. The van der Waals surface area contributed by atoms with Gasteiger partial charge in [-0.3, -0.25) is 0 Å². The second-order valence-corrected chi connectivity index (χ2v) is 4.92. The zero-order chi connectivity index (χ0) is 16.3. The van der Waals surface area contributed by atoms with Crippen molar-refractivity contribution in [1.29, 1.82) is 5.26 Å². The van der Waals surface area contributed by atoms with E-state index in [2.05, 4.69) is 0 Å². The van der Waals surface area contributed by atoms with Crippen LogP contribution in [0.15, 0.2) is 24.3 Å². The molecule has 0 amide bonds. The minimum atomic E-state index is -1.52. The molecule has 6 unspecified atom stereocenters. The van der Waals surface area contributed by atoms with Crippen LogP contribution in [0.1, 0.15) is 11.7 Å². The topological polar surface area (TPSA) is 143 Å². The summed E-state index contributed by atoms with van der Waals surface area (Å²) in [5, 5.41) is 56.2. The van der Waals surface area contributed by atoms with E-state index in [9.17, 15) is 20.4 Å². The molecule has 1 fully saturated rings. The van der Waals surface area contributed by atoms with Crippen molar-refractivity contribution in [2.75, 3.05) is 6.61 Å². The zero-order valence-electron chi connectivity index (χ0n) is 11.5. The first-order chi connectivity index (χ1) is 10.5. The molecule has 0 saturated carbocycles. The lowest BCUT2D eigenvalue weighted by Gasteiger charge is -2.39. The van der Waals surface area contributed by atoms with Gasteiger partial charge in [-0.25, -0.2) is 0 Å². The van der Waals surface area contributed by atoms with Crippen LogP contribution in [-0.2, 0) is 4.74 Å². The highest BCUT2D eigenvalue weighted by Crippen LogP contribution is 2.25. The van der Waals surface area contributed by atoms with Crippen molar-refractivity contribution in [3.63, 3.8) is 0 Å². The molecule has 2 rings (SSSR count). The lowest BCUT2D eigenvalue weighted by atomic mass is 9.99. The van der Waals surface area contributed by atoms with Gasteiger partial charge in [-0.1, -0.05) is 12.1 Å². The Morgan fingerprint density at radius 1 is 1.14 bits per heavy atom. The molecule has 0 radical (unpaired) electrons. The monoisotopic (exact) mass is 311 g/mol. The highest BCUT2D eigenvalue weighted by Gasteiger charge is 2.44. The maximum Gasteiger partial charge on any atom is 0.229 e. The van der Waals surface area contributed by atoms with E-state index in [-0.39, 0.29) is 5.75 Å². The molecule has 22 heavy (non-hydrogen) atoms. The van der Waals surface area contributed by atoms with Crippen LogP contribution in [0, 0.1) is 11.3 Å². The summed E-state index contributed by atoms with van der Waals surface area (Å²) in [6, 6.07) is 7.52. The van der Waals surface area contributed by atoms with E-state index >= 15 is 0 Å². The third-order valence-corrected chi connectivity index (χ3v) is 3.42. The van der Waals surface area contributed by atoms with E-state index in [1.165, 1.54) is 24.3 Å². The minimum absolute atomic E-state index is 0.262. The molecular weight excluding hydrogens is 294 g/mol. The fourth-order valence-electron chi connectivity index (χ4n) is 2.10. The van der Waals surface area contributed by atoms with Crippen LogP contribution >= 0.6 is 0 Å². The molecule has 1 aromatic carbocycles. The van der Waals surface area contributed by atoms with Gasteiger partial charge in [0, 0.05) is 0 Å². The number of nitriles is 1. The normalized spacial score (nSPS) is 33.0. The summed E-state index contributed by atoms with van der Waals surface area (Å²) in [5.74, 6) is 0.262. The highest BCUT2D eigenvalue weighted by atomic mass is 16.7. The van der Waals surface area contributed by atoms with Gasteiger partial charge in [0.1, 0.15) is 30.2 Å². The predicted molar refractivity (Wildman–Crippen MR) is 71.4 cm³/mol. The van der Waals surface area contributed by atoms with Crippen molar-refractivity contribution >= 4 is 0 Å². The van der Waals surface area contributed by atoms with Crippen molar-refractivity contribution in [3.8, 4) is 11.8 Å². The molecule has 1 aliphatic rings. The fourth-order valence-corrected chi connectivity index (χ4v) is 2.10. The zero-order valence-corrected chi connectivity index (χ0v) is 11.5. The van der Waals surface area contributed by atoms with E-state index in [0.717, 1.165) is 0 Å². The molecule has 8 heteroatoms. The summed E-state index contributed by atoms with van der Waals surface area (Å²) < 4.78 is 10.6. The highest BCUT2D eigenvalue weighted by molar-refractivity contribution is 5.30. The van der Waals surface area contributed by atoms with Gasteiger partial charge in [-0.15, -0.1) is 0 Å². The van der Waals surface area contributed by atoms with Crippen LogP contribution in [0.25, 0.3) is 0 Å². The Hall–Kier alpha value is -1.73. The quantitative estimate of drug-likeness (QED) is 0.419. The molecular formula is C14H17NO7. The van der Waals surface area contributed by atoms with Gasteiger partial charge in [-0.05, 0) is 17.7 Å². The van der Waals surface area contributed by atoms with Crippen molar-refractivity contribution in [2.24, 2.45) is 0 Å². The van der Waals surface area contributed by atoms with E-state index < -0.39 is 43.4 Å². The Kier molecular flexibility index (Phi) is 5.31. The number of hydrogen-bond acceptors (Lipinski definition) is 8. The molecule has 1 heterocycles. The van der Waals surface area contributed by atoms with Crippen LogP contribution in [0.2, 0.25) is 0 Å². The summed E-state index contributed by atoms with van der Waals surface area (Å²) in [6.45, 7) is -0.544. The Morgan fingerprint density at radius 3 is 2.32 bits per heavy atom. The predicted octanol–water partition coefficient (Wildman–Crippen LogP) is -1.58. The average molecular weight is 311 g/mol. The van der Waals surface area contributed by atoms with Crippen molar-refractivity contribution in [2.45, 2.75) is 36.8 Å².